The van der Waals surface area contributed by atoms with Gasteiger partial charge in [0.05, 0.1) is 0 Å². The van der Waals surface area contributed by atoms with Crippen LogP contribution < -0.4 is 31.8 Å². The van der Waals surface area contributed by atoms with Crippen molar-refractivity contribution in [1.29, 1.82) is 0 Å². The molecule has 0 aliphatic rings. The molecule has 268 valence electrons. The molecule has 8 rings (SSSR count). The van der Waals surface area contributed by atoms with E-state index in [9.17, 15) is 0 Å². The largest absolute Gasteiger partial charge is 0.0622 e. The van der Waals surface area contributed by atoms with Gasteiger partial charge in [-0.1, -0.05) is 230 Å². The summed E-state index contributed by atoms with van der Waals surface area (Å²) in [5.74, 6) is 0.293. The molecule has 55 heavy (non-hydrogen) atoms. The van der Waals surface area contributed by atoms with Crippen molar-refractivity contribution in [3.63, 3.8) is 0 Å². The van der Waals surface area contributed by atoms with Crippen LogP contribution in [0.5, 0.6) is 0 Å². The van der Waals surface area contributed by atoms with Gasteiger partial charge in [-0.3, -0.25) is 0 Å². The first-order valence-corrected chi connectivity index (χ1v) is 21.9. The lowest BCUT2D eigenvalue weighted by atomic mass is 9.78. The van der Waals surface area contributed by atoms with Crippen LogP contribution in [0.4, 0.5) is 0 Å². The minimum atomic E-state index is -0.839. The highest BCUT2D eigenvalue weighted by Gasteiger charge is 2.31. The van der Waals surface area contributed by atoms with Crippen LogP contribution in [0, 0.1) is 13.8 Å². The minimum Gasteiger partial charge on any atom is -0.0622 e. The van der Waals surface area contributed by atoms with E-state index in [4.69, 9.17) is 0 Å². The SMILES string of the molecule is Cc1ccc(C(CC(c2ccccc2P(c2ccccc2)c2ccccc2)c2ccccc2P(c2ccccc2)c2ccccc2)c2ccc(C)cc2)cc1. The van der Waals surface area contributed by atoms with E-state index in [1.54, 1.807) is 0 Å². The van der Waals surface area contributed by atoms with E-state index in [-0.39, 0.29) is 11.8 Å². The van der Waals surface area contributed by atoms with E-state index in [1.807, 2.05) is 0 Å². The van der Waals surface area contributed by atoms with Gasteiger partial charge >= 0.3 is 0 Å². The molecule has 0 N–H and O–H groups in total. The van der Waals surface area contributed by atoms with Crippen molar-refractivity contribution in [1.82, 2.24) is 0 Å². The number of rotatable bonds is 12. The molecular formula is C53H46P2. The van der Waals surface area contributed by atoms with Gasteiger partial charge in [0.15, 0.2) is 0 Å². The average Bonchev–Trinajstić information content (AvgIpc) is 3.25. The molecule has 0 aliphatic carbocycles. The van der Waals surface area contributed by atoms with Crippen LogP contribution in [0.15, 0.2) is 218 Å². The fraction of sp³-hybridized carbons (Fsp3) is 0.0943. The standard InChI is InChI=1S/C53H46P2/c1-40-31-35-42(36-32-40)50(43-37-33-41(2)34-38-43)39-51(48-27-15-17-29-52(48)54(44-19-7-3-8-20-44)45-21-9-4-10-22-45)49-28-16-18-30-53(49)55(46-23-11-5-12-24-46)47-25-13-6-14-26-47/h3-38,50-51H,39H2,1-2H3. The van der Waals surface area contributed by atoms with Gasteiger partial charge in [-0.2, -0.15) is 0 Å². The molecule has 0 fully saturated rings. The van der Waals surface area contributed by atoms with Gasteiger partial charge in [-0.15, -0.1) is 0 Å². The lowest BCUT2D eigenvalue weighted by Gasteiger charge is -2.32. The van der Waals surface area contributed by atoms with E-state index >= 15 is 0 Å². The van der Waals surface area contributed by atoms with Crippen LogP contribution in [0.2, 0.25) is 0 Å². The molecule has 0 nitrogen and oxygen atoms in total. The van der Waals surface area contributed by atoms with E-state index in [0.717, 1.165) is 6.42 Å². The van der Waals surface area contributed by atoms with E-state index in [1.165, 1.54) is 65.2 Å². The quantitative estimate of drug-likeness (QED) is 0.109. The molecule has 0 unspecified atom stereocenters. The highest BCUT2D eigenvalue weighted by molar-refractivity contribution is 7.80. The zero-order valence-electron chi connectivity index (χ0n) is 31.5. The maximum atomic E-state index is 2.44. The maximum absolute atomic E-state index is 2.44. The van der Waals surface area contributed by atoms with Crippen molar-refractivity contribution in [2.45, 2.75) is 32.1 Å². The van der Waals surface area contributed by atoms with Crippen LogP contribution in [-0.4, -0.2) is 0 Å². The van der Waals surface area contributed by atoms with Gasteiger partial charge in [0.1, 0.15) is 0 Å². The summed E-state index contributed by atoms with van der Waals surface area (Å²) in [6, 6.07) is 82.0. The first-order chi connectivity index (χ1) is 27.1. The molecule has 0 atom stereocenters. The molecule has 0 saturated carbocycles. The Morgan fingerprint density at radius 2 is 0.600 bits per heavy atom. The maximum Gasteiger partial charge on any atom is 0.0111 e. The molecular weight excluding hydrogens is 699 g/mol. The number of benzene rings is 8. The molecule has 0 aromatic heterocycles. The second-order valence-corrected chi connectivity index (χ2v) is 18.7. The monoisotopic (exact) mass is 744 g/mol. The molecule has 0 bridgehead atoms. The molecule has 8 aromatic carbocycles. The second kappa shape index (κ2) is 17.4. The molecule has 0 saturated heterocycles. The molecule has 0 radical (unpaired) electrons. The van der Waals surface area contributed by atoms with E-state index < -0.39 is 15.8 Å². The Labute approximate surface area is 330 Å². The van der Waals surface area contributed by atoms with Gasteiger partial charge in [0, 0.05) is 11.8 Å². The number of aryl methyl sites for hydroxylation is 2. The van der Waals surface area contributed by atoms with Gasteiger partial charge in [0.25, 0.3) is 0 Å². The summed E-state index contributed by atoms with van der Waals surface area (Å²) in [7, 11) is -1.68. The summed E-state index contributed by atoms with van der Waals surface area (Å²) in [6.07, 6.45) is 0.930. The van der Waals surface area contributed by atoms with Crippen LogP contribution in [0.1, 0.15) is 51.6 Å². The summed E-state index contributed by atoms with van der Waals surface area (Å²) in [5.41, 5.74) is 8.10. The Hall–Kier alpha value is -5.38. The molecule has 0 spiro atoms. The van der Waals surface area contributed by atoms with Crippen molar-refractivity contribution < 1.29 is 0 Å². The lowest BCUT2D eigenvalue weighted by molar-refractivity contribution is 0.648. The zero-order chi connectivity index (χ0) is 37.4. The third kappa shape index (κ3) is 8.33. The van der Waals surface area contributed by atoms with E-state index in [2.05, 4.69) is 232 Å². The molecule has 2 heteroatoms. The van der Waals surface area contributed by atoms with Gasteiger partial charge in [-0.25, -0.2) is 0 Å². The topological polar surface area (TPSA) is 0 Å². The van der Waals surface area contributed by atoms with Crippen molar-refractivity contribution in [2.24, 2.45) is 0 Å². The Kier molecular flexibility index (Phi) is 11.6. The zero-order valence-corrected chi connectivity index (χ0v) is 33.3. The second-order valence-electron chi connectivity index (χ2n) is 14.3. The third-order valence-electron chi connectivity index (χ3n) is 10.6. The highest BCUT2D eigenvalue weighted by atomic mass is 31.1. The number of hydrogen-bond acceptors (Lipinski definition) is 0. The lowest BCUT2D eigenvalue weighted by Crippen LogP contribution is -2.29. The molecule has 0 heterocycles. The summed E-state index contributed by atoms with van der Waals surface area (Å²) >= 11 is 0. The van der Waals surface area contributed by atoms with Crippen LogP contribution in [0.3, 0.4) is 0 Å². The summed E-state index contributed by atoms with van der Waals surface area (Å²) in [4.78, 5) is 0. The molecule has 0 aliphatic heterocycles. The van der Waals surface area contributed by atoms with Gasteiger partial charge in [-0.05, 0) is 90.2 Å². The predicted octanol–water partition coefficient (Wildman–Crippen LogP) is 11.2. The Morgan fingerprint density at radius 3 is 0.927 bits per heavy atom. The van der Waals surface area contributed by atoms with Crippen molar-refractivity contribution in [3.05, 3.63) is 252 Å². The Morgan fingerprint density at radius 1 is 0.309 bits per heavy atom. The number of hydrogen-bond donors (Lipinski definition) is 0. The summed E-state index contributed by atoms with van der Waals surface area (Å²) < 4.78 is 0. The summed E-state index contributed by atoms with van der Waals surface area (Å²) in [6.45, 7) is 4.37. The van der Waals surface area contributed by atoms with Gasteiger partial charge < -0.3 is 0 Å². The van der Waals surface area contributed by atoms with Crippen molar-refractivity contribution >= 4 is 47.7 Å². The van der Waals surface area contributed by atoms with Crippen LogP contribution in [-0.2, 0) is 0 Å². The fourth-order valence-corrected chi connectivity index (χ4v) is 12.9. The normalized spacial score (nSPS) is 11.5. The van der Waals surface area contributed by atoms with Gasteiger partial charge in [0.2, 0.25) is 0 Å². The first-order valence-electron chi connectivity index (χ1n) is 19.3. The minimum absolute atomic E-state index is 0.106. The molecule has 0 amide bonds. The molecule has 8 aromatic rings. The Balaban J connectivity index is 1.39. The summed E-state index contributed by atoms with van der Waals surface area (Å²) in [5, 5.41) is 8.32. The van der Waals surface area contributed by atoms with Crippen LogP contribution in [0.25, 0.3) is 0 Å². The Bertz CT molecular complexity index is 2160. The fourth-order valence-electron chi connectivity index (χ4n) is 7.85. The average molecular weight is 745 g/mol. The smallest absolute Gasteiger partial charge is 0.0111 e. The van der Waals surface area contributed by atoms with Crippen LogP contribution >= 0.6 is 15.8 Å². The van der Waals surface area contributed by atoms with Crippen molar-refractivity contribution in [3.8, 4) is 0 Å². The third-order valence-corrected chi connectivity index (χ3v) is 15.6. The highest BCUT2D eigenvalue weighted by Crippen LogP contribution is 2.45. The predicted molar refractivity (Wildman–Crippen MR) is 241 cm³/mol. The van der Waals surface area contributed by atoms with E-state index in [0.29, 0.717) is 0 Å². The van der Waals surface area contributed by atoms with Crippen molar-refractivity contribution in [2.75, 3.05) is 0 Å². The first kappa shape index (κ1) is 36.6.